The summed E-state index contributed by atoms with van der Waals surface area (Å²) in [6.07, 6.45) is 0.150. The molecule has 0 unspecified atom stereocenters. The summed E-state index contributed by atoms with van der Waals surface area (Å²) in [5.74, 6) is -0.637. The molecule has 1 aromatic heterocycles. The fourth-order valence-electron chi connectivity index (χ4n) is 3.82. The molecule has 0 saturated heterocycles. The van der Waals surface area contributed by atoms with Gasteiger partial charge in [-0.25, -0.2) is 0 Å². The number of amides is 1. The number of unbranched alkanes of at least 4 members (excludes halogenated alkanes) is 1. The Hall–Kier alpha value is -2.76. The molecular formula is C24H27F3N2O. The Kier molecular flexibility index (Phi) is 6.85. The minimum Gasteiger partial charge on any atom is -0.361 e. The van der Waals surface area contributed by atoms with E-state index in [0.717, 1.165) is 53.4 Å². The number of aryl methyl sites for hydroxylation is 1. The fraction of sp³-hybridized carbons (Fsp3) is 0.375. The molecule has 2 aromatic carbocycles. The molecule has 0 aliphatic rings. The lowest BCUT2D eigenvalue weighted by Crippen LogP contribution is -2.26. The first-order valence-corrected chi connectivity index (χ1v) is 10.4. The van der Waals surface area contributed by atoms with E-state index >= 15 is 0 Å². The number of halogens is 3. The molecule has 6 heteroatoms. The first-order chi connectivity index (χ1) is 14.3. The van der Waals surface area contributed by atoms with Crippen molar-refractivity contribution in [2.75, 3.05) is 6.54 Å². The Balaban J connectivity index is 2.04. The van der Waals surface area contributed by atoms with Gasteiger partial charge in [0.25, 0.3) is 0 Å². The van der Waals surface area contributed by atoms with Gasteiger partial charge < -0.3 is 10.3 Å². The molecule has 0 aliphatic carbocycles. The maximum Gasteiger partial charge on any atom is 0.416 e. The minimum absolute atomic E-state index is 0.0916. The second kappa shape index (κ2) is 9.37. The van der Waals surface area contributed by atoms with Crippen molar-refractivity contribution in [3.63, 3.8) is 0 Å². The number of benzene rings is 2. The van der Waals surface area contributed by atoms with Gasteiger partial charge in [0.2, 0.25) is 5.91 Å². The van der Waals surface area contributed by atoms with Crippen molar-refractivity contribution in [3.8, 4) is 0 Å². The lowest BCUT2D eigenvalue weighted by atomic mass is 9.86. The highest BCUT2D eigenvalue weighted by Crippen LogP contribution is 2.37. The van der Waals surface area contributed by atoms with Crippen LogP contribution in [0.25, 0.3) is 10.9 Å². The Morgan fingerprint density at radius 3 is 2.60 bits per heavy atom. The van der Waals surface area contributed by atoms with Crippen molar-refractivity contribution < 1.29 is 18.0 Å². The highest BCUT2D eigenvalue weighted by Gasteiger charge is 2.32. The average molecular weight is 416 g/mol. The molecule has 3 nitrogen and oxygen atoms in total. The molecule has 0 aliphatic heterocycles. The van der Waals surface area contributed by atoms with Crippen LogP contribution in [0.4, 0.5) is 13.2 Å². The maximum absolute atomic E-state index is 13.3. The molecule has 0 fully saturated rings. The zero-order valence-electron chi connectivity index (χ0n) is 17.3. The molecular weight excluding hydrogens is 389 g/mol. The van der Waals surface area contributed by atoms with Crippen molar-refractivity contribution in [1.82, 2.24) is 10.3 Å². The summed E-state index contributed by atoms with van der Waals surface area (Å²) in [4.78, 5) is 15.9. The first kappa shape index (κ1) is 21.9. The lowest BCUT2D eigenvalue weighted by molar-refractivity contribution is -0.137. The van der Waals surface area contributed by atoms with Crippen LogP contribution >= 0.6 is 0 Å². The van der Waals surface area contributed by atoms with Crippen LogP contribution in [0, 0.1) is 0 Å². The highest BCUT2D eigenvalue weighted by molar-refractivity contribution is 5.88. The van der Waals surface area contributed by atoms with Gasteiger partial charge in [0, 0.05) is 36.0 Å². The molecule has 2 N–H and O–H groups in total. The van der Waals surface area contributed by atoms with E-state index in [1.165, 1.54) is 6.07 Å². The summed E-state index contributed by atoms with van der Waals surface area (Å²) in [7, 11) is 0. The SMILES string of the molecule is CCCCNC(=O)C[C@@H](c1cccc(C(F)(F)F)c1)c1c[nH]c2c(CC)cccc12. The highest BCUT2D eigenvalue weighted by atomic mass is 19.4. The van der Waals surface area contributed by atoms with Gasteiger partial charge >= 0.3 is 6.18 Å². The normalized spacial score (nSPS) is 12.8. The van der Waals surface area contributed by atoms with E-state index in [1.54, 1.807) is 6.07 Å². The van der Waals surface area contributed by atoms with E-state index < -0.39 is 17.7 Å². The Labute approximate surface area is 174 Å². The largest absolute Gasteiger partial charge is 0.416 e. The Morgan fingerprint density at radius 2 is 1.90 bits per heavy atom. The van der Waals surface area contributed by atoms with Crippen LogP contribution in [0.5, 0.6) is 0 Å². The molecule has 3 aromatic rings. The Bertz CT molecular complexity index is 1010. The van der Waals surface area contributed by atoms with Gasteiger partial charge in [-0.2, -0.15) is 13.2 Å². The molecule has 0 saturated carbocycles. The third-order valence-corrected chi connectivity index (χ3v) is 5.45. The minimum atomic E-state index is -4.43. The smallest absolute Gasteiger partial charge is 0.361 e. The predicted molar refractivity (Wildman–Crippen MR) is 113 cm³/mol. The van der Waals surface area contributed by atoms with Gasteiger partial charge in [-0.3, -0.25) is 4.79 Å². The summed E-state index contributed by atoms with van der Waals surface area (Å²) >= 11 is 0. The number of rotatable bonds is 8. The molecule has 1 amide bonds. The van der Waals surface area contributed by atoms with Crippen LogP contribution in [0.2, 0.25) is 0 Å². The number of carbonyl (C=O) groups excluding carboxylic acids is 1. The summed E-state index contributed by atoms with van der Waals surface area (Å²) in [5.41, 5.74) is 2.72. The molecule has 0 spiro atoms. The van der Waals surface area contributed by atoms with Crippen molar-refractivity contribution in [2.45, 2.75) is 51.6 Å². The van der Waals surface area contributed by atoms with Gasteiger partial charge in [0.15, 0.2) is 0 Å². The number of aromatic nitrogens is 1. The van der Waals surface area contributed by atoms with E-state index in [2.05, 4.69) is 17.2 Å². The third-order valence-electron chi connectivity index (χ3n) is 5.45. The van der Waals surface area contributed by atoms with E-state index in [-0.39, 0.29) is 12.3 Å². The van der Waals surface area contributed by atoms with E-state index in [4.69, 9.17) is 0 Å². The van der Waals surface area contributed by atoms with Crippen molar-refractivity contribution in [1.29, 1.82) is 0 Å². The van der Waals surface area contributed by atoms with Crippen LogP contribution in [-0.2, 0) is 17.4 Å². The summed E-state index contributed by atoms with van der Waals surface area (Å²) < 4.78 is 39.9. The maximum atomic E-state index is 13.3. The molecule has 0 bridgehead atoms. The van der Waals surface area contributed by atoms with Crippen LogP contribution in [0.3, 0.4) is 0 Å². The number of para-hydroxylation sites is 1. The van der Waals surface area contributed by atoms with Gasteiger partial charge in [-0.05, 0) is 35.6 Å². The number of nitrogens with one attached hydrogen (secondary N) is 2. The summed E-state index contributed by atoms with van der Waals surface area (Å²) in [6, 6.07) is 11.2. The number of H-pyrrole nitrogens is 1. The van der Waals surface area contributed by atoms with Crippen molar-refractivity contribution in [2.24, 2.45) is 0 Å². The molecule has 3 rings (SSSR count). The van der Waals surface area contributed by atoms with E-state index in [1.807, 2.05) is 31.3 Å². The van der Waals surface area contributed by atoms with Crippen molar-refractivity contribution in [3.05, 3.63) is 70.9 Å². The quantitative estimate of drug-likeness (QED) is 0.423. The van der Waals surface area contributed by atoms with Crippen molar-refractivity contribution >= 4 is 16.8 Å². The van der Waals surface area contributed by atoms with Gasteiger partial charge in [-0.15, -0.1) is 0 Å². The second-order valence-electron chi connectivity index (χ2n) is 7.52. The topological polar surface area (TPSA) is 44.9 Å². The fourth-order valence-corrected chi connectivity index (χ4v) is 3.82. The monoisotopic (exact) mass is 416 g/mol. The number of alkyl halides is 3. The number of carbonyl (C=O) groups is 1. The molecule has 1 heterocycles. The van der Waals surface area contributed by atoms with Crippen LogP contribution in [0.1, 0.15) is 61.3 Å². The molecule has 1 atom stereocenters. The van der Waals surface area contributed by atoms with Gasteiger partial charge in [0.05, 0.1) is 5.56 Å². The number of hydrogen-bond donors (Lipinski definition) is 2. The standard InChI is InChI=1S/C24H27F3N2O/c1-3-5-12-28-22(30)14-20(17-9-6-10-18(13-17)24(25,26)27)21-15-29-23-16(4-2)8-7-11-19(21)23/h6-11,13,15,20,29H,3-5,12,14H2,1-2H3,(H,28,30)/t20-/m0/s1. The molecule has 160 valence electrons. The second-order valence-corrected chi connectivity index (χ2v) is 7.52. The molecule has 0 radical (unpaired) electrons. The first-order valence-electron chi connectivity index (χ1n) is 10.4. The number of hydrogen-bond acceptors (Lipinski definition) is 1. The predicted octanol–water partition coefficient (Wildman–Crippen LogP) is 6.19. The number of fused-ring (bicyclic) bond motifs is 1. The zero-order valence-corrected chi connectivity index (χ0v) is 17.3. The number of aromatic amines is 1. The summed E-state index contributed by atoms with van der Waals surface area (Å²) in [6.45, 7) is 4.66. The average Bonchev–Trinajstić information content (AvgIpc) is 3.15. The van der Waals surface area contributed by atoms with E-state index in [9.17, 15) is 18.0 Å². The van der Waals surface area contributed by atoms with Crippen LogP contribution < -0.4 is 5.32 Å². The van der Waals surface area contributed by atoms with Gasteiger partial charge in [-0.1, -0.05) is 56.7 Å². The van der Waals surface area contributed by atoms with Gasteiger partial charge in [0.1, 0.15) is 0 Å². The Morgan fingerprint density at radius 1 is 1.13 bits per heavy atom. The lowest BCUT2D eigenvalue weighted by Gasteiger charge is -2.19. The summed E-state index contributed by atoms with van der Waals surface area (Å²) in [5, 5.41) is 3.83. The van der Waals surface area contributed by atoms with E-state index in [0.29, 0.717) is 12.1 Å². The van der Waals surface area contributed by atoms with Crippen LogP contribution in [0.15, 0.2) is 48.7 Å². The van der Waals surface area contributed by atoms with Crippen LogP contribution in [-0.4, -0.2) is 17.4 Å². The third kappa shape index (κ3) is 4.86. The zero-order chi connectivity index (χ0) is 21.7. The molecule has 30 heavy (non-hydrogen) atoms.